The highest BCUT2D eigenvalue weighted by Crippen LogP contribution is 2.29. The average Bonchev–Trinajstić information content (AvgIpc) is 2.06. The summed E-state index contributed by atoms with van der Waals surface area (Å²) in [7, 11) is -1.10. The SMILES string of the molecule is C=C[Si]1(C=C)CCCCC1. The van der Waals surface area contributed by atoms with E-state index in [4.69, 9.17) is 0 Å². The molecule has 0 aromatic rings. The molecular formula is C9H16Si. The van der Waals surface area contributed by atoms with Gasteiger partial charge in [-0.3, -0.25) is 0 Å². The molecule has 1 aliphatic rings. The van der Waals surface area contributed by atoms with E-state index >= 15 is 0 Å². The van der Waals surface area contributed by atoms with Gasteiger partial charge >= 0.3 is 0 Å². The zero-order valence-corrected chi connectivity index (χ0v) is 7.60. The maximum Gasteiger partial charge on any atom is 0.100 e. The van der Waals surface area contributed by atoms with Gasteiger partial charge in [-0.15, -0.1) is 13.2 Å². The minimum atomic E-state index is -1.10. The summed E-state index contributed by atoms with van der Waals surface area (Å²) in [5, 5.41) is 0. The quantitative estimate of drug-likeness (QED) is 0.533. The van der Waals surface area contributed by atoms with Gasteiger partial charge in [0.1, 0.15) is 8.07 Å². The van der Waals surface area contributed by atoms with E-state index in [1.165, 1.54) is 31.4 Å². The van der Waals surface area contributed by atoms with Crippen LogP contribution in [0.5, 0.6) is 0 Å². The molecule has 1 fully saturated rings. The molecule has 0 aromatic carbocycles. The minimum Gasteiger partial charge on any atom is -0.107 e. The van der Waals surface area contributed by atoms with Gasteiger partial charge in [-0.25, -0.2) is 0 Å². The van der Waals surface area contributed by atoms with Crippen molar-refractivity contribution in [2.45, 2.75) is 31.4 Å². The molecule has 0 aromatic heterocycles. The van der Waals surface area contributed by atoms with Gasteiger partial charge in [0.2, 0.25) is 0 Å². The largest absolute Gasteiger partial charge is 0.107 e. The Labute approximate surface area is 64.7 Å². The van der Waals surface area contributed by atoms with E-state index in [0.29, 0.717) is 0 Å². The Balaban J connectivity index is 2.60. The molecule has 0 bridgehead atoms. The molecule has 0 saturated carbocycles. The fourth-order valence-electron chi connectivity index (χ4n) is 1.70. The third-order valence-corrected chi connectivity index (χ3v) is 6.79. The molecule has 56 valence electrons. The third kappa shape index (κ3) is 1.40. The summed E-state index contributed by atoms with van der Waals surface area (Å²) in [4.78, 5) is 0. The zero-order chi connectivity index (χ0) is 7.45. The Morgan fingerprint density at radius 3 is 1.70 bits per heavy atom. The maximum absolute atomic E-state index is 3.92. The summed E-state index contributed by atoms with van der Waals surface area (Å²) in [5.41, 5.74) is 4.42. The van der Waals surface area contributed by atoms with E-state index in [1.807, 2.05) is 0 Å². The second-order valence-corrected chi connectivity index (χ2v) is 7.48. The molecule has 1 heteroatoms. The van der Waals surface area contributed by atoms with Crippen LogP contribution in [0.4, 0.5) is 0 Å². The molecule has 1 saturated heterocycles. The van der Waals surface area contributed by atoms with Gasteiger partial charge in [-0.1, -0.05) is 42.7 Å². The van der Waals surface area contributed by atoms with Crippen molar-refractivity contribution in [1.29, 1.82) is 0 Å². The lowest BCUT2D eigenvalue weighted by Gasteiger charge is -2.28. The molecule has 0 nitrogen and oxygen atoms in total. The molecule has 1 rings (SSSR count). The van der Waals surface area contributed by atoms with Crippen LogP contribution in [-0.2, 0) is 0 Å². The second kappa shape index (κ2) is 3.20. The van der Waals surface area contributed by atoms with Crippen molar-refractivity contribution >= 4 is 8.07 Å². The van der Waals surface area contributed by atoms with Crippen molar-refractivity contribution in [3.63, 3.8) is 0 Å². The van der Waals surface area contributed by atoms with Crippen LogP contribution in [0.1, 0.15) is 19.3 Å². The van der Waals surface area contributed by atoms with E-state index in [-0.39, 0.29) is 0 Å². The van der Waals surface area contributed by atoms with Crippen LogP contribution in [0.25, 0.3) is 0 Å². The second-order valence-electron chi connectivity index (χ2n) is 3.20. The summed E-state index contributed by atoms with van der Waals surface area (Å²) in [6, 6.07) is 2.81. The Hall–Kier alpha value is -0.303. The fourth-order valence-corrected chi connectivity index (χ4v) is 4.75. The van der Waals surface area contributed by atoms with Gasteiger partial charge < -0.3 is 0 Å². The Morgan fingerprint density at radius 1 is 0.900 bits per heavy atom. The first-order valence-corrected chi connectivity index (χ1v) is 6.67. The van der Waals surface area contributed by atoms with Crippen molar-refractivity contribution in [3.8, 4) is 0 Å². The first kappa shape index (κ1) is 7.80. The Bertz CT molecular complexity index is 122. The van der Waals surface area contributed by atoms with Crippen molar-refractivity contribution in [2.24, 2.45) is 0 Å². The molecule has 1 heterocycles. The minimum absolute atomic E-state index is 1.10. The molecule has 0 unspecified atom stereocenters. The van der Waals surface area contributed by atoms with E-state index in [2.05, 4.69) is 24.6 Å². The van der Waals surface area contributed by atoms with Crippen molar-refractivity contribution in [1.82, 2.24) is 0 Å². The predicted molar refractivity (Wildman–Crippen MR) is 49.6 cm³/mol. The zero-order valence-electron chi connectivity index (χ0n) is 6.60. The van der Waals surface area contributed by atoms with Gasteiger partial charge in [0.25, 0.3) is 0 Å². The first-order chi connectivity index (χ1) is 4.83. The van der Waals surface area contributed by atoms with Crippen molar-refractivity contribution in [2.75, 3.05) is 0 Å². The average molecular weight is 152 g/mol. The smallest absolute Gasteiger partial charge is 0.100 e. The van der Waals surface area contributed by atoms with Gasteiger partial charge in [-0.2, -0.15) is 0 Å². The number of hydrogen-bond donors (Lipinski definition) is 0. The maximum atomic E-state index is 3.92. The summed E-state index contributed by atoms with van der Waals surface area (Å²) >= 11 is 0. The Morgan fingerprint density at radius 2 is 1.40 bits per heavy atom. The van der Waals surface area contributed by atoms with Crippen LogP contribution in [0.2, 0.25) is 12.1 Å². The molecule has 0 radical (unpaired) electrons. The number of hydrogen-bond acceptors (Lipinski definition) is 0. The van der Waals surface area contributed by atoms with Crippen molar-refractivity contribution < 1.29 is 0 Å². The fraction of sp³-hybridized carbons (Fsp3) is 0.556. The highest BCUT2D eigenvalue weighted by molar-refractivity contribution is 6.88. The van der Waals surface area contributed by atoms with Crippen molar-refractivity contribution in [3.05, 3.63) is 24.6 Å². The van der Waals surface area contributed by atoms with E-state index in [0.717, 1.165) is 0 Å². The van der Waals surface area contributed by atoms with Crippen LogP contribution in [0, 0.1) is 0 Å². The highest BCUT2D eigenvalue weighted by Gasteiger charge is 2.27. The lowest BCUT2D eigenvalue weighted by atomic mass is 10.3. The van der Waals surface area contributed by atoms with Crippen LogP contribution >= 0.6 is 0 Å². The number of rotatable bonds is 2. The predicted octanol–water partition coefficient (Wildman–Crippen LogP) is 3.07. The monoisotopic (exact) mass is 152 g/mol. The summed E-state index contributed by atoms with van der Waals surface area (Å²) in [6.45, 7) is 7.84. The van der Waals surface area contributed by atoms with Gasteiger partial charge in [0, 0.05) is 0 Å². The van der Waals surface area contributed by atoms with Crippen LogP contribution < -0.4 is 0 Å². The topological polar surface area (TPSA) is 0 Å². The molecule has 0 atom stereocenters. The molecular weight excluding hydrogens is 136 g/mol. The molecule has 0 aliphatic carbocycles. The van der Waals surface area contributed by atoms with Gasteiger partial charge in [0.15, 0.2) is 0 Å². The molecule has 0 spiro atoms. The molecule has 0 N–H and O–H groups in total. The van der Waals surface area contributed by atoms with Crippen LogP contribution in [0.15, 0.2) is 24.6 Å². The van der Waals surface area contributed by atoms with E-state index in [9.17, 15) is 0 Å². The van der Waals surface area contributed by atoms with Gasteiger partial charge in [-0.05, 0) is 0 Å². The Kier molecular flexibility index (Phi) is 2.49. The highest BCUT2D eigenvalue weighted by atomic mass is 28.3. The third-order valence-electron chi connectivity index (χ3n) is 2.60. The van der Waals surface area contributed by atoms with E-state index < -0.39 is 8.07 Å². The summed E-state index contributed by atoms with van der Waals surface area (Å²) < 4.78 is 0. The van der Waals surface area contributed by atoms with Gasteiger partial charge in [0.05, 0.1) is 0 Å². The molecule has 10 heavy (non-hydrogen) atoms. The first-order valence-electron chi connectivity index (χ1n) is 4.10. The molecule has 0 amide bonds. The van der Waals surface area contributed by atoms with Crippen LogP contribution in [0.3, 0.4) is 0 Å². The lowest BCUT2D eigenvalue weighted by molar-refractivity contribution is 0.719. The molecule has 1 aliphatic heterocycles. The van der Waals surface area contributed by atoms with E-state index in [1.54, 1.807) is 0 Å². The summed E-state index contributed by atoms with van der Waals surface area (Å²) in [6.07, 6.45) is 4.24. The normalized spacial score (nSPS) is 23.6. The lowest BCUT2D eigenvalue weighted by Crippen LogP contribution is -2.31. The van der Waals surface area contributed by atoms with Crippen LogP contribution in [-0.4, -0.2) is 8.07 Å². The summed E-state index contributed by atoms with van der Waals surface area (Å²) in [5.74, 6) is 0. The standard InChI is InChI=1S/C9H16Si/c1-3-10(4-2)8-6-5-7-9-10/h3-4H,1-2,5-9H2.